The molecule has 1 aromatic heterocycles. The molecule has 5 heteroatoms. The summed E-state index contributed by atoms with van der Waals surface area (Å²) in [6.07, 6.45) is 1.01. The van der Waals surface area contributed by atoms with Gasteiger partial charge >= 0.3 is 0 Å². The summed E-state index contributed by atoms with van der Waals surface area (Å²) in [5.41, 5.74) is 6.92. The molecule has 0 saturated carbocycles. The fraction of sp³-hybridized carbons (Fsp3) is 0.375. The number of aromatic amines is 1. The minimum absolute atomic E-state index is 0.138. The number of carbonyl (C=O) groups excluding carboxylic acids is 1. The van der Waals surface area contributed by atoms with E-state index in [0.717, 1.165) is 73.7 Å². The summed E-state index contributed by atoms with van der Waals surface area (Å²) in [7, 11) is 0. The standard InChI is InChI=1S/C24H27N3O2/c1-16-17(2)25-22-5-4-20(14-21(16)22)24(28)27-10-8-26(9-11-27)15-18-3-6-23-19(13-18)7-12-29-23/h3-6,13-14,25H,7-12,15H2,1-2H3. The highest BCUT2D eigenvalue weighted by molar-refractivity contribution is 5.99. The first kappa shape index (κ1) is 18.3. The number of nitrogens with zero attached hydrogens (tertiary/aromatic N) is 2. The van der Waals surface area contributed by atoms with Crippen LogP contribution in [-0.4, -0.2) is 53.5 Å². The zero-order chi connectivity index (χ0) is 20.0. The van der Waals surface area contributed by atoms with Crippen molar-refractivity contribution in [3.8, 4) is 5.75 Å². The molecule has 5 nitrogen and oxygen atoms in total. The lowest BCUT2D eigenvalue weighted by molar-refractivity contribution is 0.0628. The zero-order valence-corrected chi connectivity index (χ0v) is 17.1. The predicted octanol–water partition coefficient (Wildman–Crippen LogP) is 3.68. The summed E-state index contributed by atoms with van der Waals surface area (Å²) in [6, 6.07) is 12.5. The topological polar surface area (TPSA) is 48.6 Å². The first-order chi connectivity index (χ1) is 14.1. The van der Waals surface area contributed by atoms with Gasteiger partial charge in [-0.05, 0) is 54.8 Å². The Kier molecular flexibility index (Phi) is 4.55. The van der Waals surface area contributed by atoms with Crippen LogP contribution in [0.3, 0.4) is 0 Å². The number of H-pyrrole nitrogens is 1. The van der Waals surface area contributed by atoms with E-state index in [2.05, 4.69) is 41.9 Å². The second kappa shape index (κ2) is 7.23. The number of amides is 1. The highest BCUT2D eigenvalue weighted by Gasteiger charge is 2.23. The SMILES string of the molecule is Cc1[nH]c2ccc(C(=O)N3CCN(Cc4ccc5c(c4)CCO5)CC3)cc2c1C. The molecule has 1 fully saturated rings. The number of aryl methyl sites for hydroxylation is 2. The van der Waals surface area contributed by atoms with Gasteiger partial charge in [0.25, 0.3) is 5.91 Å². The molecular formula is C24H27N3O2. The number of piperazine rings is 1. The number of fused-ring (bicyclic) bond motifs is 2. The van der Waals surface area contributed by atoms with Gasteiger partial charge in [-0.3, -0.25) is 9.69 Å². The highest BCUT2D eigenvalue weighted by Crippen LogP contribution is 2.27. The molecule has 0 aliphatic carbocycles. The van der Waals surface area contributed by atoms with Gasteiger partial charge in [0.1, 0.15) is 5.75 Å². The van der Waals surface area contributed by atoms with Crippen LogP contribution in [0, 0.1) is 13.8 Å². The molecule has 2 aromatic carbocycles. The summed E-state index contributed by atoms with van der Waals surface area (Å²) in [4.78, 5) is 20.8. The maximum Gasteiger partial charge on any atom is 0.253 e. The summed E-state index contributed by atoms with van der Waals surface area (Å²) in [6.45, 7) is 9.27. The van der Waals surface area contributed by atoms with Gasteiger partial charge in [0.05, 0.1) is 6.61 Å². The lowest BCUT2D eigenvalue weighted by Gasteiger charge is -2.35. The lowest BCUT2D eigenvalue weighted by atomic mass is 10.1. The highest BCUT2D eigenvalue weighted by atomic mass is 16.5. The Hall–Kier alpha value is -2.79. The van der Waals surface area contributed by atoms with E-state index in [0.29, 0.717) is 0 Å². The van der Waals surface area contributed by atoms with Crippen LogP contribution < -0.4 is 4.74 Å². The van der Waals surface area contributed by atoms with Gasteiger partial charge in [0.2, 0.25) is 0 Å². The number of nitrogens with one attached hydrogen (secondary N) is 1. The van der Waals surface area contributed by atoms with Crippen molar-refractivity contribution >= 4 is 16.8 Å². The quantitative estimate of drug-likeness (QED) is 0.743. The van der Waals surface area contributed by atoms with Crippen LogP contribution in [0.2, 0.25) is 0 Å². The largest absolute Gasteiger partial charge is 0.493 e. The summed E-state index contributed by atoms with van der Waals surface area (Å²) < 4.78 is 5.60. The zero-order valence-electron chi connectivity index (χ0n) is 17.1. The average molecular weight is 389 g/mol. The van der Waals surface area contributed by atoms with E-state index < -0.39 is 0 Å². The Balaban J connectivity index is 1.23. The first-order valence-electron chi connectivity index (χ1n) is 10.4. The van der Waals surface area contributed by atoms with E-state index in [9.17, 15) is 4.79 Å². The van der Waals surface area contributed by atoms with Crippen LogP contribution in [0.15, 0.2) is 36.4 Å². The minimum atomic E-state index is 0.138. The van der Waals surface area contributed by atoms with E-state index in [1.54, 1.807) is 0 Å². The summed E-state index contributed by atoms with van der Waals surface area (Å²) >= 11 is 0. The van der Waals surface area contributed by atoms with Gasteiger partial charge < -0.3 is 14.6 Å². The molecule has 2 aliphatic heterocycles. The van der Waals surface area contributed by atoms with Crippen LogP contribution in [0.25, 0.3) is 10.9 Å². The maximum absolute atomic E-state index is 13.0. The van der Waals surface area contributed by atoms with E-state index in [1.165, 1.54) is 16.7 Å². The Bertz CT molecular complexity index is 1080. The van der Waals surface area contributed by atoms with Crippen LogP contribution in [0.4, 0.5) is 0 Å². The van der Waals surface area contributed by atoms with E-state index in [4.69, 9.17) is 4.74 Å². The smallest absolute Gasteiger partial charge is 0.253 e. The number of rotatable bonds is 3. The van der Waals surface area contributed by atoms with Crippen LogP contribution in [-0.2, 0) is 13.0 Å². The predicted molar refractivity (Wildman–Crippen MR) is 115 cm³/mol. The van der Waals surface area contributed by atoms with Crippen molar-refractivity contribution in [3.05, 3.63) is 64.3 Å². The third-order valence-corrected chi connectivity index (χ3v) is 6.37. The van der Waals surface area contributed by atoms with Gasteiger partial charge in [-0.25, -0.2) is 0 Å². The summed E-state index contributed by atoms with van der Waals surface area (Å²) in [5.74, 6) is 1.17. The molecule has 0 bridgehead atoms. The Labute approximate surface area is 171 Å². The van der Waals surface area contributed by atoms with Crippen molar-refractivity contribution in [3.63, 3.8) is 0 Å². The molecule has 1 saturated heterocycles. The molecule has 0 spiro atoms. The number of hydrogen-bond acceptors (Lipinski definition) is 3. The van der Waals surface area contributed by atoms with Gasteiger partial charge in [0, 0.05) is 61.3 Å². The van der Waals surface area contributed by atoms with Gasteiger partial charge in [-0.15, -0.1) is 0 Å². The molecule has 3 heterocycles. The van der Waals surface area contributed by atoms with Crippen LogP contribution in [0.5, 0.6) is 5.75 Å². The van der Waals surface area contributed by atoms with Crippen LogP contribution in [0.1, 0.15) is 32.7 Å². The Morgan fingerprint density at radius 3 is 2.72 bits per heavy atom. The first-order valence-corrected chi connectivity index (χ1v) is 10.4. The van der Waals surface area contributed by atoms with Gasteiger partial charge in [-0.1, -0.05) is 12.1 Å². The van der Waals surface area contributed by atoms with E-state index in [1.807, 2.05) is 23.1 Å². The molecule has 1 amide bonds. The van der Waals surface area contributed by atoms with Crippen molar-refractivity contribution in [2.24, 2.45) is 0 Å². The van der Waals surface area contributed by atoms with E-state index in [-0.39, 0.29) is 5.91 Å². The second-order valence-corrected chi connectivity index (χ2v) is 8.24. The Morgan fingerprint density at radius 1 is 1.07 bits per heavy atom. The number of benzene rings is 2. The molecule has 2 aliphatic rings. The van der Waals surface area contributed by atoms with Gasteiger partial charge in [-0.2, -0.15) is 0 Å². The maximum atomic E-state index is 13.0. The molecule has 150 valence electrons. The number of hydrogen-bond donors (Lipinski definition) is 1. The fourth-order valence-electron chi connectivity index (χ4n) is 4.48. The van der Waals surface area contributed by atoms with Crippen LogP contribution >= 0.6 is 0 Å². The molecule has 0 radical (unpaired) electrons. The molecule has 0 atom stereocenters. The number of carbonyl (C=O) groups is 1. The van der Waals surface area contributed by atoms with Crippen molar-refractivity contribution in [1.29, 1.82) is 0 Å². The fourth-order valence-corrected chi connectivity index (χ4v) is 4.48. The Morgan fingerprint density at radius 2 is 1.90 bits per heavy atom. The van der Waals surface area contributed by atoms with Crippen molar-refractivity contribution in [1.82, 2.24) is 14.8 Å². The van der Waals surface area contributed by atoms with Crippen molar-refractivity contribution in [2.75, 3.05) is 32.8 Å². The second-order valence-electron chi connectivity index (χ2n) is 8.24. The molecule has 0 unspecified atom stereocenters. The molecule has 3 aromatic rings. The molecule has 5 rings (SSSR count). The molecular weight excluding hydrogens is 362 g/mol. The lowest BCUT2D eigenvalue weighted by Crippen LogP contribution is -2.48. The molecule has 29 heavy (non-hydrogen) atoms. The normalized spacial score (nSPS) is 16.8. The van der Waals surface area contributed by atoms with Gasteiger partial charge in [0.15, 0.2) is 0 Å². The van der Waals surface area contributed by atoms with Crippen molar-refractivity contribution < 1.29 is 9.53 Å². The third-order valence-electron chi connectivity index (χ3n) is 6.37. The molecule has 1 N–H and O–H groups in total. The van der Waals surface area contributed by atoms with Crippen molar-refractivity contribution in [2.45, 2.75) is 26.8 Å². The average Bonchev–Trinajstić information content (AvgIpc) is 3.32. The summed E-state index contributed by atoms with van der Waals surface area (Å²) in [5, 5.41) is 1.15. The van der Waals surface area contributed by atoms with E-state index >= 15 is 0 Å². The number of aromatic nitrogens is 1. The third kappa shape index (κ3) is 3.40. The number of ether oxygens (including phenoxy) is 1. The minimum Gasteiger partial charge on any atom is -0.493 e. The monoisotopic (exact) mass is 389 g/mol.